The first-order valence-corrected chi connectivity index (χ1v) is 9.95. The van der Waals surface area contributed by atoms with Crippen molar-refractivity contribution in [2.75, 3.05) is 19.3 Å². The summed E-state index contributed by atoms with van der Waals surface area (Å²) in [6.07, 6.45) is 3.38. The molecule has 0 radical (unpaired) electrons. The van der Waals surface area contributed by atoms with Crippen LogP contribution in [-0.2, 0) is 6.54 Å². The van der Waals surface area contributed by atoms with E-state index in [1.165, 1.54) is 11.0 Å². The zero-order valence-electron chi connectivity index (χ0n) is 14.8. The predicted octanol–water partition coefficient (Wildman–Crippen LogP) is 4.30. The largest absolute Gasteiger partial charge is 0.487 e. The van der Waals surface area contributed by atoms with Gasteiger partial charge in [0.15, 0.2) is 11.6 Å². The van der Waals surface area contributed by atoms with Gasteiger partial charge in [-0.15, -0.1) is 11.8 Å². The fourth-order valence-corrected chi connectivity index (χ4v) is 3.34. The number of rotatable bonds is 5. The van der Waals surface area contributed by atoms with E-state index in [-0.39, 0.29) is 23.7 Å². The van der Waals surface area contributed by atoms with Crippen LogP contribution in [0.5, 0.6) is 5.75 Å². The van der Waals surface area contributed by atoms with E-state index < -0.39 is 0 Å². The van der Waals surface area contributed by atoms with Crippen molar-refractivity contribution in [1.82, 2.24) is 10.2 Å². The summed E-state index contributed by atoms with van der Waals surface area (Å²) in [4.78, 5) is 15.3. The number of carbonyl (C=O) groups is 1. The van der Waals surface area contributed by atoms with Gasteiger partial charge in [0.25, 0.3) is 0 Å². The average Bonchev–Trinajstić information content (AvgIpc) is 2.69. The third-order valence-corrected chi connectivity index (χ3v) is 5.21. The molecule has 6 heteroatoms. The molecule has 1 fully saturated rings. The number of piperidine rings is 1. The van der Waals surface area contributed by atoms with E-state index in [4.69, 9.17) is 4.74 Å². The van der Waals surface area contributed by atoms with Crippen molar-refractivity contribution in [1.29, 1.82) is 0 Å². The highest BCUT2D eigenvalue weighted by Crippen LogP contribution is 2.22. The molecular formula is C20H23FN2O2S. The van der Waals surface area contributed by atoms with E-state index >= 15 is 0 Å². The van der Waals surface area contributed by atoms with Crippen LogP contribution in [0.2, 0.25) is 0 Å². The van der Waals surface area contributed by atoms with Crippen LogP contribution in [0.3, 0.4) is 0 Å². The van der Waals surface area contributed by atoms with E-state index in [1.54, 1.807) is 34.9 Å². The summed E-state index contributed by atoms with van der Waals surface area (Å²) in [5.74, 6) is -0.0655. The van der Waals surface area contributed by atoms with Crippen LogP contribution in [-0.4, -0.2) is 36.4 Å². The van der Waals surface area contributed by atoms with Crippen LogP contribution in [0.4, 0.5) is 9.18 Å². The smallest absolute Gasteiger partial charge is 0.317 e. The fraction of sp³-hybridized carbons (Fsp3) is 0.350. The van der Waals surface area contributed by atoms with Gasteiger partial charge in [-0.2, -0.15) is 0 Å². The lowest BCUT2D eigenvalue weighted by atomic mass is 10.1. The minimum atomic E-state index is -0.347. The number of benzene rings is 2. The number of amides is 2. The summed E-state index contributed by atoms with van der Waals surface area (Å²) in [5.41, 5.74) is 1.08. The van der Waals surface area contributed by atoms with Gasteiger partial charge in [-0.25, -0.2) is 9.18 Å². The predicted molar refractivity (Wildman–Crippen MR) is 102 cm³/mol. The molecule has 0 aromatic heterocycles. The Balaban J connectivity index is 1.43. The van der Waals surface area contributed by atoms with E-state index in [0.717, 1.165) is 5.56 Å². The van der Waals surface area contributed by atoms with Crippen LogP contribution in [0.25, 0.3) is 0 Å². The summed E-state index contributed by atoms with van der Waals surface area (Å²) in [6, 6.07) is 14.5. The Morgan fingerprint density at radius 3 is 2.54 bits per heavy atom. The Hall–Kier alpha value is -2.21. The molecule has 2 amide bonds. The van der Waals surface area contributed by atoms with Crippen LogP contribution in [0.15, 0.2) is 53.4 Å². The molecule has 0 saturated carbocycles. The number of thioether (sulfide) groups is 1. The van der Waals surface area contributed by atoms with Crippen LogP contribution in [0, 0.1) is 5.82 Å². The van der Waals surface area contributed by atoms with Crippen molar-refractivity contribution in [3.8, 4) is 5.75 Å². The topological polar surface area (TPSA) is 41.6 Å². The monoisotopic (exact) mass is 374 g/mol. The number of urea groups is 1. The molecule has 26 heavy (non-hydrogen) atoms. The SMILES string of the molecule is CSc1ccc(CNC(=O)N2CCC(Oc3ccccc3F)CC2)cc1. The number of halogens is 1. The second-order valence-electron chi connectivity index (χ2n) is 6.24. The molecule has 1 aliphatic heterocycles. The first-order valence-electron chi connectivity index (χ1n) is 8.72. The number of para-hydroxylation sites is 1. The quantitative estimate of drug-likeness (QED) is 0.794. The third-order valence-electron chi connectivity index (χ3n) is 4.46. The average molecular weight is 374 g/mol. The van der Waals surface area contributed by atoms with Crippen molar-refractivity contribution in [3.05, 3.63) is 59.9 Å². The molecule has 2 aromatic rings. The Kier molecular flexibility index (Phi) is 6.39. The van der Waals surface area contributed by atoms with Crippen molar-refractivity contribution in [2.45, 2.75) is 30.4 Å². The molecule has 1 heterocycles. The van der Waals surface area contributed by atoms with Crippen LogP contribution < -0.4 is 10.1 Å². The maximum Gasteiger partial charge on any atom is 0.317 e. The van der Waals surface area contributed by atoms with E-state index in [0.29, 0.717) is 32.5 Å². The minimum absolute atomic E-state index is 0.0601. The van der Waals surface area contributed by atoms with Gasteiger partial charge >= 0.3 is 6.03 Å². The lowest BCUT2D eigenvalue weighted by Crippen LogP contribution is -2.46. The third kappa shape index (κ3) is 4.91. The standard InChI is InChI=1S/C20H23FN2O2S/c1-26-17-8-6-15(7-9-17)14-22-20(24)23-12-10-16(11-13-23)25-19-5-3-2-4-18(19)21/h2-9,16H,10-14H2,1H3,(H,22,24). The van der Waals surface area contributed by atoms with Crippen molar-refractivity contribution < 1.29 is 13.9 Å². The molecule has 0 spiro atoms. The normalized spacial score (nSPS) is 14.9. The van der Waals surface area contributed by atoms with Crippen molar-refractivity contribution >= 4 is 17.8 Å². The molecule has 4 nitrogen and oxygen atoms in total. The number of carbonyl (C=O) groups excluding carboxylic acids is 1. The summed E-state index contributed by atoms with van der Waals surface area (Å²) < 4.78 is 19.4. The molecule has 0 aliphatic carbocycles. The maximum atomic E-state index is 13.7. The maximum absolute atomic E-state index is 13.7. The molecule has 0 unspecified atom stereocenters. The van der Waals surface area contributed by atoms with Gasteiger partial charge in [0.2, 0.25) is 0 Å². The summed E-state index contributed by atoms with van der Waals surface area (Å²) in [6.45, 7) is 1.73. The van der Waals surface area contributed by atoms with Crippen molar-refractivity contribution in [2.24, 2.45) is 0 Å². The first kappa shape index (κ1) is 18.6. The molecule has 2 aromatic carbocycles. The second-order valence-corrected chi connectivity index (χ2v) is 7.12. The zero-order valence-corrected chi connectivity index (χ0v) is 15.6. The highest BCUT2D eigenvalue weighted by molar-refractivity contribution is 7.98. The van der Waals surface area contributed by atoms with Crippen LogP contribution >= 0.6 is 11.8 Å². The summed E-state index contributed by atoms with van der Waals surface area (Å²) in [7, 11) is 0. The van der Waals surface area contributed by atoms with Crippen molar-refractivity contribution in [3.63, 3.8) is 0 Å². The summed E-state index contributed by atoms with van der Waals surface area (Å²) >= 11 is 1.70. The highest BCUT2D eigenvalue weighted by Gasteiger charge is 2.24. The molecule has 1 saturated heterocycles. The van der Waals surface area contributed by atoms with Gasteiger partial charge in [-0.3, -0.25) is 0 Å². The highest BCUT2D eigenvalue weighted by atomic mass is 32.2. The lowest BCUT2D eigenvalue weighted by Gasteiger charge is -2.32. The molecule has 0 atom stereocenters. The molecule has 1 N–H and O–H groups in total. The molecule has 138 valence electrons. The van der Waals surface area contributed by atoms with Gasteiger partial charge in [-0.1, -0.05) is 24.3 Å². The minimum Gasteiger partial charge on any atom is -0.487 e. The Labute approximate surface area is 157 Å². The number of nitrogens with one attached hydrogen (secondary N) is 1. The number of likely N-dealkylation sites (tertiary alicyclic amines) is 1. The zero-order chi connectivity index (χ0) is 18.4. The Morgan fingerprint density at radius 2 is 1.88 bits per heavy atom. The summed E-state index contributed by atoms with van der Waals surface area (Å²) in [5, 5.41) is 2.96. The Morgan fingerprint density at radius 1 is 1.19 bits per heavy atom. The molecule has 1 aliphatic rings. The van der Waals surface area contributed by atoms with Crippen LogP contribution in [0.1, 0.15) is 18.4 Å². The number of nitrogens with zero attached hydrogens (tertiary/aromatic N) is 1. The fourth-order valence-electron chi connectivity index (χ4n) is 2.93. The van der Waals surface area contributed by atoms with E-state index in [1.807, 2.05) is 18.4 Å². The van der Waals surface area contributed by atoms with E-state index in [9.17, 15) is 9.18 Å². The van der Waals surface area contributed by atoms with Gasteiger partial charge in [-0.05, 0) is 36.1 Å². The van der Waals surface area contributed by atoms with Gasteiger partial charge in [0, 0.05) is 37.4 Å². The number of ether oxygens (including phenoxy) is 1. The molecular weight excluding hydrogens is 351 g/mol. The Bertz CT molecular complexity index is 731. The molecule has 0 bridgehead atoms. The second kappa shape index (κ2) is 8.94. The van der Waals surface area contributed by atoms with Gasteiger partial charge in [0.05, 0.1) is 0 Å². The van der Waals surface area contributed by atoms with Gasteiger partial charge < -0.3 is 15.0 Å². The molecule has 3 rings (SSSR count). The first-order chi connectivity index (χ1) is 12.7. The number of hydrogen-bond donors (Lipinski definition) is 1. The number of hydrogen-bond acceptors (Lipinski definition) is 3. The van der Waals surface area contributed by atoms with E-state index in [2.05, 4.69) is 17.4 Å². The van der Waals surface area contributed by atoms with Gasteiger partial charge in [0.1, 0.15) is 6.10 Å². The lowest BCUT2D eigenvalue weighted by molar-refractivity contribution is 0.107.